The first kappa shape index (κ1) is 16.7. The number of nitrogens with zero attached hydrogens (tertiary/aromatic N) is 4. The van der Waals surface area contributed by atoms with E-state index in [2.05, 4.69) is 37.6 Å². The predicted molar refractivity (Wildman–Crippen MR) is 103 cm³/mol. The summed E-state index contributed by atoms with van der Waals surface area (Å²) in [7, 11) is 0. The molecule has 27 heavy (non-hydrogen) atoms. The van der Waals surface area contributed by atoms with Gasteiger partial charge in [0.15, 0.2) is 5.82 Å². The van der Waals surface area contributed by atoms with Gasteiger partial charge in [0.2, 0.25) is 5.91 Å². The van der Waals surface area contributed by atoms with Crippen molar-refractivity contribution in [2.75, 3.05) is 5.32 Å². The summed E-state index contributed by atoms with van der Waals surface area (Å²) in [6.07, 6.45) is 7.36. The Morgan fingerprint density at radius 2 is 1.93 bits per heavy atom. The number of hydrogen-bond donors (Lipinski definition) is 2. The minimum absolute atomic E-state index is 0.155. The highest BCUT2D eigenvalue weighted by atomic mass is 16.1. The van der Waals surface area contributed by atoms with E-state index >= 15 is 0 Å². The topological polar surface area (TPSA) is 88.5 Å². The zero-order chi connectivity index (χ0) is 18.8. The van der Waals surface area contributed by atoms with Gasteiger partial charge in [0.25, 0.3) is 0 Å². The molecule has 2 N–H and O–H groups in total. The van der Waals surface area contributed by atoms with Gasteiger partial charge in [0, 0.05) is 42.7 Å². The maximum absolute atomic E-state index is 11.4. The first-order valence-corrected chi connectivity index (χ1v) is 8.50. The monoisotopic (exact) mass is 358 g/mol. The van der Waals surface area contributed by atoms with E-state index in [1.165, 1.54) is 6.92 Å². The minimum atomic E-state index is -0.155. The molecule has 0 aliphatic heterocycles. The number of aryl methyl sites for hydroxylation is 1. The SMILES string of the molecule is CC(=O)Nc1cc(-n2cc(-c3ccccc3)c(-c3nnc[nH]3)c2)c(C)cn1. The van der Waals surface area contributed by atoms with E-state index in [1.807, 2.05) is 48.1 Å². The first-order chi connectivity index (χ1) is 13.1. The van der Waals surface area contributed by atoms with Crippen LogP contribution in [-0.4, -0.2) is 30.6 Å². The Bertz CT molecular complexity index is 1080. The number of aromatic nitrogens is 5. The van der Waals surface area contributed by atoms with E-state index in [-0.39, 0.29) is 5.91 Å². The quantitative estimate of drug-likeness (QED) is 0.583. The zero-order valence-electron chi connectivity index (χ0n) is 15.0. The van der Waals surface area contributed by atoms with E-state index in [1.54, 1.807) is 12.5 Å². The van der Waals surface area contributed by atoms with E-state index in [0.717, 1.165) is 27.9 Å². The van der Waals surface area contributed by atoms with E-state index < -0.39 is 0 Å². The van der Waals surface area contributed by atoms with Gasteiger partial charge in [-0.2, -0.15) is 0 Å². The number of nitrogens with one attached hydrogen (secondary N) is 2. The molecule has 0 bridgehead atoms. The Labute approximate surface area is 156 Å². The Kier molecular flexibility index (Phi) is 4.25. The smallest absolute Gasteiger partial charge is 0.222 e. The molecule has 7 nitrogen and oxygen atoms in total. The Morgan fingerprint density at radius 3 is 2.63 bits per heavy atom. The molecule has 7 heteroatoms. The summed E-state index contributed by atoms with van der Waals surface area (Å²) in [6, 6.07) is 12.0. The normalized spacial score (nSPS) is 10.7. The highest BCUT2D eigenvalue weighted by Crippen LogP contribution is 2.33. The molecule has 0 aliphatic carbocycles. The molecule has 0 saturated carbocycles. The van der Waals surface area contributed by atoms with Gasteiger partial charge in [0.05, 0.1) is 5.69 Å². The third-order valence-electron chi connectivity index (χ3n) is 4.24. The lowest BCUT2D eigenvalue weighted by Crippen LogP contribution is -2.08. The molecule has 0 atom stereocenters. The van der Waals surface area contributed by atoms with Gasteiger partial charge >= 0.3 is 0 Å². The van der Waals surface area contributed by atoms with Gasteiger partial charge in [-0.25, -0.2) is 4.98 Å². The maximum Gasteiger partial charge on any atom is 0.222 e. The molecular weight excluding hydrogens is 340 g/mol. The summed E-state index contributed by atoms with van der Waals surface area (Å²) < 4.78 is 2.02. The number of aromatic amines is 1. The second-order valence-electron chi connectivity index (χ2n) is 6.23. The van der Waals surface area contributed by atoms with Crippen molar-refractivity contribution in [2.45, 2.75) is 13.8 Å². The summed E-state index contributed by atoms with van der Waals surface area (Å²) in [6.45, 7) is 3.45. The number of pyridine rings is 1. The van der Waals surface area contributed by atoms with Crippen molar-refractivity contribution < 1.29 is 4.79 Å². The molecule has 0 fully saturated rings. The lowest BCUT2D eigenvalue weighted by molar-refractivity contribution is -0.114. The summed E-state index contributed by atoms with van der Waals surface area (Å²) >= 11 is 0. The number of anilines is 1. The molecule has 1 amide bonds. The van der Waals surface area contributed by atoms with E-state index in [0.29, 0.717) is 11.6 Å². The fourth-order valence-corrected chi connectivity index (χ4v) is 3.01. The van der Waals surface area contributed by atoms with E-state index in [9.17, 15) is 4.79 Å². The van der Waals surface area contributed by atoms with Crippen molar-refractivity contribution in [1.82, 2.24) is 24.7 Å². The molecule has 0 saturated heterocycles. The average molecular weight is 358 g/mol. The summed E-state index contributed by atoms with van der Waals surface area (Å²) in [4.78, 5) is 18.7. The van der Waals surface area contributed by atoms with Crippen molar-refractivity contribution >= 4 is 11.7 Å². The number of carbonyl (C=O) groups excluding carboxylic acids is 1. The minimum Gasteiger partial charge on any atom is -0.327 e. The fraction of sp³-hybridized carbons (Fsp3) is 0.100. The van der Waals surface area contributed by atoms with Crippen molar-refractivity contribution in [2.24, 2.45) is 0 Å². The van der Waals surface area contributed by atoms with Gasteiger partial charge < -0.3 is 14.9 Å². The predicted octanol–water partition coefficient (Wildman–Crippen LogP) is 3.59. The lowest BCUT2D eigenvalue weighted by atomic mass is 10.0. The Morgan fingerprint density at radius 1 is 1.15 bits per heavy atom. The van der Waals surface area contributed by atoms with Gasteiger partial charge in [0.1, 0.15) is 12.1 Å². The second-order valence-corrected chi connectivity index (χ2v) is 6.23. The summed E-state index contributed by atoms with van der Waals surface area (Å²) in [5.41, 5.74) is 4.97. The summed E-state index contributed by atoms with van der Waals surface area (Å²) in [5, 5.41) is 10.8. The van der Waals surface area contributed by atoms with Crippen LogP contribution in [0.1, 0.15) is 12.5 Å². The van der Waals surface area contributed by atoms with Crippen molar-refractivity contribution in [3.8, 4) is 28.2 Å². The number of H-pyrrole nitrogens is 1. The number of amides is 1. The molecule has 1 aromatic carbocycles. The van der Waals surface area contributed by atoms with Crippen molar-refractivity contribution in [3.05, 3.63) is 66.9 Å². The van der Waals surface area contributed by atoms with Crippen LogP contribution in [0.5, 0.6) is 0 Å². The molecule has 134 valence electrons. The fourth-order valence-electron chi connectivity index (χ4n) is 3.01. The van der Waals surface area contributed by atoms with Crippen LogP contribution >= 0.6 is 0 Å². The maximum atomic E-state index is 11.4. The lowest BCUT2D eigenvalue weighted by Gasteiger charge is -2.09. The molecule has 0 radical (unpaired) electrons. The van der Waals surface area contributed by atoms with Crippen LogP contribution in [0.3, 0.4) is 0 Å². The average Bonchev–Trinajstić information content (AvgIpc) is 3.33. The second kappa shape index (κ2) is 6.87. The highest BCUT2D eigenvalue weighted by Gasteiger charge is 2.15. The third kappa shape index (κ3) is 3.35. The number of benzene rings is 1. The third-order valence-corrected chi connectivity index (χ3v) is 4.24. The Balaban J connectivity index is 1.87. The van der Waals surface area contributed by atoms with Crippen molar-refractivity contribution in [1.29, 1.82) is 0 Å². The first-order valence-electron chi connectivity index (χ1n) is 8.50. The van der Waals surface area contributed by atoms with Crippen LogP contribution in [0.2, 0.25) is 0 Å². The highest BCUT2D eigenvalue weighted by molar-refractivity contribution is 5.88. The molecular formula is C20H18N6O. The van der Waals surface area contributed by atoms with E-state index in [4.69, 9.17) is 0 Å². The molecule has 0 aliphatic rings. The molecule has 3 heterocycles. The molecule has 0 spiro atoms. The van der Waals surface area contributed by atoms with Crippen LogP contribution < -0.4 is 5.32 Å². The van der Waals surface area contributed by atoms with Gasteiger partial charge in [-0.15, -0.1) is 10.2 Å². The molecule has 0 unspecified atom stereocenters. The molecule has 3 aromatic heterocycles. The van der Waals surface area contributed by atoms with Crippen LogP contribution in [0.15, 0.2) is 61.3 Å². The summed E-state index contributed by atoms with van der Waals surface area (Å²) in [5.74, 6) is 1.05. The van der Waals surface area contributed by atoms with Crippen LogP contribution in [-0.2, 0) is 4.79 Å². The standard InChI is InChI=1S/C20H18N6O/c1-13-9-21-19(24-14(2)27)8-18(13)26-10-16(15-6-4-3-5-7-15)17(11-26)20-22-12-23-25-20/h3-12H,1-2H3,(H,21,24,27)(H,22,23,25). The number of carbonyl (C=O) groups is 1. The van der Waals surface area contributed by atoms with Gasteiger partial charge in [-0.3, -0.25) is 4.79 Å². The largest absolute Gasteiger partial charge is 0.327 e. The van der Waals surface area contributed by atoms with Crippen molar-refractivity contribution in [3.63, 3.8) is 0 Å². The zero-order valence-corrected chi connectivity index (χ0v) is 15.0. The molecule has 4 rings (SSSR count). The van der Waals surface area contributed by atoms with Crippen LogP contribution in [0.25, 0.3) is 28.2 Å². The van der Waals surface area contributed by atoms with Gasteiger partial charge in [-0.1, -0.05) is 30.3 Å². The number of rotatable bonds is 4. The van der Waals surface area contributed by atoms with Crippen LogP contribution in [0.4, 0.5) is 5.82 Å². The molecule has 4 aromatic rings. The van der Waals surface area contributed by atoms with Gasteiger partial charge in [-0.05, 0) is 18.1 Å². The van der Waals surface area contributed by atoms with Crippen LogP contribution in [0, 0.1) is 6.92 Å². The Hall–Kier alpha value is -3.74. The number of hydrogen-bond acceptors (Lipinski definition) is 4.